The van der Waals surface area contributed by atoms with Crippen molar-refractivity contribution in [3.8, 4) is 0 Å². The molecule has 2 N–H and O–H groups in total. The van der Waals surface area contributed by atoms with Gasteiger partial charge in [-0.2, -0.15) is 0 Å². The van der Waals surface area contributed by atoms with Crippen molar-refractivity contribution in [2.45, 2.75) is 44.3 Å². The van der Waals surface area contributed by atoms with Gasteiger partial charge in [-0.25, -0.2) is 0 Å². The van der Waals surface area contributed by atoms with E-state index in [1.807, 2.05) is 7.05 Å². The zero-order valence-corrected chi connectivity index (χ0v) is 9.44. The van der Waals surface area contributed by atoms with E-state index in [0.717, 1.165) is 6.42 Å². The Hall–Kier alpha value is -0.610. The Bertz CT molecular complexity index is 253. The number of likely N-dealkylation sites (tertiary alicyclic amines) is 1. The fourth-order valence-corrected chi connectivity index (χ4v) is 2.65. The normalized spacial score (nSPS) is 37.1. The number of carboxylic acids is 1. The second-order valence-corrected chi connectivity index (χ2v) is 4.83. The molecule has 86 valence electrons. The van der Waals surface area contributed by atoms with E-state index in [1.54, 1.807) is 0 Å². The first kappa shape index (κ1) is 10.9. The molecule has 0 aromatic carbocycles. The molecule has 0 aromatic heterocycles. The second kappa shape index (κ2) is 4.10. The van der Waals surface area contributed by atoms with Crippen LogP contribution in [0.5, 0.6) is 0 Å². The average Bonchev–Trinajstić information content (AvgIpc) is 2.91. The molecule has 4 nitrogen and oxygen atoms in total. The first-order valence-electron chi connectivity index (χ1n) is 5.82. The third-order valence-corrected chi connectivity index (χ3v) is 3.64. The van der Waals surface area contributed by atoms with E-state index in [2.05, 4.69) is 17.1 Å². The molecule has 3 unspecified atom stereocenters. The quantitative estimate of drug-likeness (QED) is 0.714. The maximum atomic E-state index is 11.2. The molecular weight excluding hydrogens is 192 g/mol. The van der Waals surface area contributed by atoms with Crippen LogP contribution in [0.15, 0.2) is 0 Å². The van der Waals surface area contributed by atoms with Crippen molar-refractivity contribution in [1.82, 2.24) is 10.2 Å². The summed E-state index contributed by atoms with van der Waals surface area (Å²) in [5.41, 5.74) is 0. The van der Waals surface area contributed by atoms with E-state index in [9.17, 15) is 9.90 Å². The van der Waals surface area contributed by atoms with E-state index < -0.39 is 5.97 Å². The van der Waals surface area contributed by atoms with Crippen LogP contribution in [0.3, 0.4) is 0 Å². The third-order valence-electron chi connectivity index (χ3n) is 3.64. The van der Waals surface area contributed by atoms with E-state index in [-0.39, 0.29) is 12.0 Å². The first-order valence-corrected chi connectivity index (χ1v) is 5.82. The Morgan fingerprint density at radius 3 is 2.67 bits per heavy atom. The Kier molecular flexibility index (Phi) is 2.98. The van der Waals surface area contributed by atoms with Gasteiger partial charge in [0, 0.05) is 24.7 Å². The second-order valence-electron chi connectivity index (χ2n) is 4.83. The number of nitrogens with one attached hydrogen (secondary N) is 1. The van der Waals surface area contributed by atoms with Gasteiger partial charge in [0.2, 0.25) is 0 Å². The maximum absolute atomic E-state index is 11.2. The molecule has 1 aliphatic heterocycles. The summed E-state index contributed by atoms with van der Waals surface area (Å²) in [6, 6.07) is 1.11. The Morgan fingerprint density at radius 1 is 1.53 bits per heavy atom. The largest absolute Gasteiger partial charge is 0.481 e. The van der Waals surface area contributed by atoms with Crippen LogP contribution >= 0.6 is 0 Å². The van der Waals surface area contributed by atoms with Crippen LogP contribution in [0.2, 0.25) is 0 Å². The minimum Gasteiger partial charge on any atom is -0.481 e. The summed E-state index contributed by atoms with van der Waals surface area (Å²) >= 11 is 0. The molecule has 1 saturated heterocycles. The number of hydrogen-bond acceptors (Lipinski definition) is 3. The van der Waals surface area contributed by atoms with Crippen LogP contribution in [0, 0.1) is 5.92 Å². The van der Waals surface area contributed by atoms with Gasteiger partial charge in [0.1, 0.15) is 0 Å². The van der Waals surface area contributed by atoms with Crippen molar-refractivity contribution in [3.63, 3.8) is 0 Å². The number of carbonyl (C=O) groups is 1. The van der Waals surface area contributed by atoms with Crippen molar-refractivity contribution in [2.24, 2.45) is 5.92 Å². The number of likely N-dealkylation sites (N-methyl/N-ethyl adjacent to an activating group) is 1. The zero-order chi connectivity index (χ0) is 11.0. The van der Waals surface area contributed by atoms with Gasteiger partial charge >= 0.3 is 5.97 Å². The van der Waals surface area contributed by atoms with Crippen LogP contribution in [0.1, 0.15) is 26.2 Å². The topological polar surface area (TPSA) is 52.6 Å². The van der Waals surface area contributed by atoms with Crippen molar-refractivity contribution in [3.05, 3.63) is 0 Å². The summed E-state index contributed by atoms with van der Waals surface area (Å²) in [7, 11) is 2.03. The monoisotopic (exact) mass is 212 g/mol. The number of nitrogens with zero attached hydrogens (tertiary/aromatic N) is 1. The van der Waals surface area contributed by atoms with Gasteiger partial charge in [0.05, 0.1) is 5.92 Å². The molecule has 0 amide bonds. The first-order chi connectivity index (χ1) is 7.13. The highest BCUT2D eigenvalue weighted by atomic mass is 16.4. The van der Waals surface area contributed by atoms with Gasteiger partial charge < -0.3 is 15.3 Å². The third kappa shape index (κ3) is 2.16. The minimum atomic E-state index is -0.657. The lowest BCUT2D eigenvalue weighted by Crippen LogP contribution is -2.46. The zero-order valence-electron chi connectivity index (χ0n) is 9.44. The highest BCUT2D eigenvalue weighted by molar-refractivity contribution is 5.72. The fourth-order valence-electron chi connectivity index (χ4n) is 2.65. The van der Waals surface area contributed by atoms with Crippen LogP contribution in [-0.4, -0.2) is 47.7 Å². The molecular formula is C11H20N2O2. The lowest BCUT2D eigenvalue weighted by molar-refractivity contribution is -0.141. The van der Waals surface area contributed by atoms with Gasteiger partial charge in [0.15, 0.2) is 0 Å². The Morgan fingerprint density at radius 2 is 2.20 bits per heavy atom. The van der Waals surface area contributed by atoms with E-state index in [1.165, 1.54) is 12.8 Å². The summed E-state index contributed by atoms with van der Waals surface area (Å²) in [4.78, 5) is 13.3. The Labute approximate surface area is 90.6 Å². The number of carboxylic acid groups (broad SMARTS) is 1. The van der Waals surface area contributed by atoms with Crippen LogP contribution in [0.4, 0.5) is 0 Å². The molecule has 1 aliphatic carbocycles. The van der Waals surface area contributed by atoms with Gasteiger partial charge in [-0.3, -0.25) is 4.79 Å². The molecule has 3 atom stereocenters. The van der Waals surface area contributed by atoms with Crippen molar-refractivity contribution in [2.75, 3.05) is 13.6 Å². The summed E-state index contributed by atoms with van der Waals surface area (Å²) in [6.45, 7) is 2.81. The summed E-state index contributed by atoms with van der Waals surface area (Å²) in [5, 5.41) is 12.7. The Balaban J connectivity index is 2.06. The van der Waals surface area contributed by atoms with Crippen LogP contribution in [0.25, 0.3) is 0 Å². The van der Waals surface area contributed by atoms with E-state index in [4.69, 9.17) is 0 Å². The van der Waals surface area contributed by atoms with E-state index >= 15 is 0 Å². The maximum Gasteiger partial charge on any atom is 0.309 e. The standard InChI is InChI=1S/C11H20N2O2/c1-3-9-10(12-7-4-5-7)8(11(14)15)6-13(9)2/h7-10,12H,3-6H2,1-2H3,(H,14,15). The van der Waals surface area contributed by atoms with Crippen molar-refractivity contribution >= 4 is 5.97 Å². The number of aliphatic carboxylic acids is 1. The number of hydrogen-bond donors (Lipinski definition) is 2. The minimum absolute atomic E-state index is 0.144. The molecule has 1 heterocycles. The fraction of sp³-hybridized carbons (Fsp3) is 0.909. The lowest BCUT2D eigenvalue weighted by atomic mass is 9.97. The molecule has 15 heavy (non-hydrogen) atoms. The average molecular weight is 212 g/mol. The van der Waals surface area contributed by atoms with Crippen molar-refractivity contribution < 1.29 is 9.90 Å². The summed E-state index contributed by atoms with van der Waals surface area (Å²) < 4.78 is 0. The smallest absolute Gasteiger partial charge is 0.309 e. The lowest BCUT2D eigenvalue weighted by Gasteiger charge is -2.25. The molecule has 0 spiro atoms. The molecule has 2 fully saturated rings. The molecule has 2 rings (SSSR count). The van der Waals surface area contributed by atoms with Gasteiger partial charge in [-0.1, -0.05) is 6.92 Å². The van der Waals surface area contributed by atoms with Gasteiger partial charge in [-0.15, -0.1) is 0 Å². The number of rotatable bonds is 4. The van der Waals surface area contributed by atoms with Crippen LogP contribution < -0.4 is 5.32 Å². The van der Waals surface area contributed by atoms with E-state index in [0.29, 0.717) is 18.6 Å². The summed E-state index contributed by atoms with van der Waals surface area (Å²) in [6.07, 6.45) is 3.44. The highest BCUT2D eigenvalue weighted by Crippen LogP contribution is 2.29. The molecule has 2 aliphatic rings. The summed E-state index contributed by atoms with van der Waals surface area (Å²) in [5.74, 6) is -0.892. The molecule has 0 aromatic rings. The van der Waals surface area contributed by atoms with Gasteiger partial charge in [-0.05, 0) is 26.3 Å². The molecule has 1 saturated carbocycles. The predicted octanol–water partition coefficient (Wildman–Crippen LogP) is 0.532. The highest BCUT2D eigenvalue weighted by Gasteiger charge is 2.44. The molecule has 0 radical (unpaired) electrons. The van der Waals surface area contributed by atoms with Gasteiger partial charge in [0.25, 0.3) is 0 Å². The van der Waals surface area contributed by atoms with Crippen LogP contribution in [-0.2, 0) is 4.79 Å². The molecule has 4 heteroatoms. The van der Waals surface area contributed by atoms with Crippen molar-refractivity contribution in [1.29, 1.82) is 0 Å². The molecule has 0 bridgehead atoms. The predicted molar refractivity (Wildman–Crippen MR) is 57.8 cm³/mol. The SMILES string of the molecule is CCC1C(NC2CC2)C(C(=O)O)CN1C.